The summed E-state index contributed by atoms with van der Waals surface area (Å²) in [5.74, 6) is -0.180. The molecule has 21 heavy (non-hydrogen) atoms. The highest BCUT2D eigenvalue weighted by Crippen LogP contribution is 2.29. The smallest absolute Gasteiger partial charge is 0.127 e. The molecule has 4 heteroatoms. The van der Waals surface area contributed by atoms with Crippen LogP contribution < -0.4 is 5.32 Å². The van der Waals surface area contributed by atoms with Crippen LogP contribution in [0.15, 0.2) is 18.2 Å². The molecule has 1 aromatic rings. The van der Waals surface area contributed by atoms with Crippen LogP contribution in [-0.2, 0) is 6.42 Å². The van der Waals surface area contributed by atoms with Gasteiger partial charge < -0.3 is 10.2 Å². The zero-order valence-corrected chi connectivity index (χ0v) is 13.2. The maximum absolute atomic E-state index is 13.6. The molecule has 1 aliphatic carbocycles. The van der Waals surface area contributed by atoms with Gasteiger partial charge in [-0.25, -0.2) is 4.39 Å². The van der Waals surface area contributed by atoms with E-state index in [1.54, 1.807) is 12.1 Å². The molecule has 0 radical (unpaired) electrons. The highest BCUT2D eigenvalue weighted by atomic mass is 35.5. The van der Waals surface area contributed by atoms with Gasteiger partial charge in [0.05, 0.1) is 0 Å². The summed E-state index contributed by atoms with van der Waals surface area (Å²) in [7, 11) is 0. The van der Waals surface area contributed by atoms with Crippen molar-refractivity contribution in [1.29, 1.82) is 0 Å². The fourth-order valence-corrected chi connectivity index (χ4v) is 3.51. The van der Waals surface area contributed by atoms with E-state index in [1.807, 2.05) is 0 Å². The number of piperidine rings is 1. The predicted molar refractivity (Wildman–Crippen MR) is 85.4 cm³/mol. The average Bonchev–Trinajstić information content (AvgIpc) is 3.31. The number of hydrogen-bond donors (Lipinski definition) is 1. The van der Waals surface area contributed by atoms with Gasteiger partial charge in [0.25, 0.3) is 0 Å². The summed E-state index contributed by atoms with van der Waals surface area (Å²) in [6.07, 6.45) is 6.94. The molecule has 1 heterocycles. The molecule has 1 aromatic carbocycles. The van der Waals surface area contributed by atoms with Crippen molar-refractivity contribution in [3.63, 3.8) is 0 Å². The zero-order chi connectivity index (χ0) is 14.7. The molecule has 116 valence electrons. The van der Waals surface area contributed by atoms with E-state index in [0.717, 1.165) is 19.0 Å². The van der Waals surface area contributed by atoms with Gasteiger partial charge >= 0.3 is 0 Å². The molecule has 2 fully saturated rings. The quantitative estimate of drug-likeness (QED) is 0.807. The third-order valence-electron chi connectivity index (χ3n) is 4.69. The summed E-state index contributed by atoms with van der Waals surface area (Å²) < 4.78 is 13.6. The maximum atomic E-state index is 13.6. The predicted octanol–water partition coefficient (Wildman–Crippen LogP) is 3.63. The van der Waals surface area contributed by atoms with Crippen molar-refractivity contribution in [1.82, 2.24) is 10.2 Å². The van der Waals surface area contributed by atoms with Crippen LogP contribution in [0.5, 0.6) is 0 Å². The first-order chi connectivity index (χ1) is 10.2. The standard InChI is InChI=1S/C17H24ClFN2/c18-16-4-1-5-17(19)15(16)3-2-10-20-13-8-11-21(12-9-13)14-6-7-14/h1,4-5,13-14,20H,2-3,6-12H2. The molecular formula is C17H24ClFN2. The van der Waals surface area contributed by atoms with E-state index in [0.29, 0.717) is 23.0 Å². The molecule has 0 aromatic heterocycles. The second kappa shape index (κ2) is 7.08. The Balaban J connectivity index is 1.35. The Hall–Kier alpha value is -0.640. The van der Waals surface area contributed by atoms with E-state index in [2.05, 4.69) is 10.2 Å². The molecule has 1 saturated carbocycles. The number of likely N-dealkylation sites (tertiary alicyclic amines) is 1. The van der Waals surface area contributed by atoms with Gasteiger partial charge in [-0.3, -0.25) is 0 Å². The number of halogens is 2. The van der Waals surface area contributed by atoms with Gasteiger partial charge in [-0.1, -0.05) is 17.7 Å². The minimum Gasteiger partial charge on any atom is -0.314 e. The Morgan fingerprint density at radius 1 is 1.19 bits per heavy atom. The molecule has 2 aliphatic rings. The Morgan fingerprint density at radius 2 is 1.95 bits per heavy atom. The summed E-state index contributed by atoms with van der Waals surface area (Å²) in [6, 6.07) is 6.45. The van der Waals surface area contributed by atoms with Crippen LogP contribution >= 0.6 is 11.6 Å². The summed E-state index contributed by atoms with van der Waals surface area (Å²) in [5, 5.41) is 4.17. The van der Waals surface area contributed by atoms with E-state index in [-0.39, 0.29) is 5.82 Å². The Morgan fingerprint density at radius 3 is 2.62 bits per heavy atom. The highest BCUT2D eigenvalue weighted by Gasteiger charge is 2.31. The van der Waals surface area contributed by atoms with Gasteiger partial charge in [0.1, 0.15) is 5.82 Å². The highest BCUT2D eigenvalue weighted by molar-refractivity contribution is 6.31. The van der Waals surface area contributed by atoms with Crippen molar-refractivity contribution in [3.8, 4) is 0 Å². The van der Waals surface area contributed by atoms with E-state index < -0.39 is 0 Å². The monoisotopic (exact) mass is 310 g/mol. The van der Waals surface area contributed by atoms with Crippen LogP contribution in [-0.4, -0.2) is 36.6 Å². The lowest BCUT2D eigenvalue weighted by atomic mass is 10.0. The third-order valence-corrected chi connectivity index (χ3v) is 5.05. The minimum atomic E-state index is -0.180. The third kappa shape index (κ3) is 4.18. The maximum Gasteiger partial charge on any atom is 0.127 e. The van der Waals surface area contributed by atoms with Gasteiger partial charge in [0.15, 0.2) is 0 Å². The SMILES string of the molecule is Fc1cccc(Cl)c1CCCNC1CCN(C2CC2)CC1. The van der Waals surface area contributed by atoms with Crippen LogP contribution in [0.3, 0.4) is 0 Å². The zero-order valence-electron chi connectivity index (χ0n) is 12.5. The van der Waals surface area contributed by atoms with Crippen molar-refractivity contribution in [2.75, 3.05) is 19.6 Å². The topological polar surface area (TPSA) is 15.3 Å². The van der Waals surface area contributed by atoms with Crippen LogP contribution in [0.2, 0.25) is 5.02 Å². The molecule has 0 spiro atoms. The molecule has 1 saturated heterocycles. The van der Waals surface area contributed by atoms with E-state index in [4.69, 9.17) is 11.6 Å². The van der Waals surface area contributed by atoms with E-state index in [1.165, 1.54) is 44.8 Å². The first-order valence-electron chi connectivity index (χ1n) is 8.14. The second-order valence-electron chi connectivity index (χ2n) is 6.30. The summed E-state index contributed by atoms with van der Waals surface area (Å²) in [6.45, 7) is 3.42. The lowest BCUT2D eigenvalue weighted by molar-refractivity contribution is 0.189. The molecule has 0 atom stereocenters. The number of benzene rings is 1. The number of nitrogens with zero attached hydrogens (tertiary/aromatic N) is 1. The van der Waals surface area contributed by atoms with Crippen molar-refractivity contribution in [2.24, 2.45) is 0 Å². The second-order valence-corrected chi connectivity index (χ2v) is 6.71. The normalized spacial score (nSPS) is 20.9. The van der Waals surface area contributed by atoms with Crippen LogP contribution in [0.4, 0.5) is 4.39 Å². The largest absolute Gasteiger partial charge is 0.314 e. The summed E-state index contributed by atoms with van der Waals surface area (Å²) in [4.78, 5) is 2.64. The lowest BCUT2D eigenvalue weighted by Crippen LogP contribution is -2.43. The van der Waals surface area contributed by atoms with E-state index >= 15 is 0 Å². The van der Waals surface area contributed by atoms with Crippen molar-refractivity contribution < 1.29 is 4.39 Å². The fourth-order valence-electron chi connectivity index (χ4n) is 3.25. The number of hydrogen-bond acceptors (Lipinski definition) is 2. The van der Waals surface area contributed by atoms with Gasteiger partial charge in [0, 0.05) is 22.7 Å². The Labute approximate surface area is 131 Å². The van der Waals surface area contributed by atoms with Crippen LogP contribution in [0, 0.1) is 5.82 Å². The Kier molecular flexibility index (Phi) is 5.15. The minimum absolute atomic E-state index is 0.180. The van der Waals surface area contributed by atoms with Crippen LogP contribution in [0.1, 0.15) is 37.7 Å². The van der Waals surface area contributed by atoms with Crippen LogP contribution in [0.25, 0.3) is 0 Å². The first kappa shape index (κ1) is 15.3. The van der Waals surface area contributed by atoms with E-state index in [9.17, 15) is 4.39 Å². The van der Waals surface area contributed by atoms with Gasteiger partial charge in [-0.05, 0) is 70.3 Å². The van der Waals surface area contributed by atoms with Crippen molar-refractivity contribution in [2.45, 2.75) is 50.6 Å². The summed E-state index contributed by atoms with van der Waals surface area (Å²) in [5.41, 5.74) is 0.657. The first-order valence-corrected chi connectivity index (χ1v) is 8.52. The van der Waals surface area contributed by atoms with Gasteiger partial charge in [-0.2, -0.15) is 0 Å². The van der Waals surface area contributed by atoms with Crippen molar-refractivity contribution in [3.05, 3.63) is 34.6 Å². The molecule has 3 rings (SSSR count). The number of nitrogens with one attached hydrogen (secondary N) is 1. The molecule has 0 amide bonds. The molecule has 1 aliphatic heterocycles. The summed E-state index contributed by atoms with van der Waals surface area (Å²) >= 11 is 6.04. The molecule has 1 N–H and O–H groups in total. The number of rotatable bonds is 6. The van der Waals surface area contributed by atoms with Gasteiger partial charge in [0.2, 0.25) is 0 Å². The lowest BCUT2D eigenvalue weighted by Gasteiger charge is -2.32. The fraction of sp³-hybridized carbons (Fsp3) is 0.647. The molecule has 2 nitrogen and oxygen atoms in total. The Bertz CT molecular complexity index is 448. The molecular weight excluding hydrogens is 287 g/mol. The van der Waals surface area contributed by atoms with Crippen molar-refractivity contribution >= 4 is 11.6 Å². The average molecular weight is 311 g/mol. The van der Waals surface area contributed by atoms with Gasteiger partial charge in [-0.15, -0.1) is 0 Å². The molecule has 0 unspecified atom stereocenters. The molecule has 0 bridgehead atoms.